The lowest BCUT2D eigenvalue weighted by molar-refractivity contribution is 0.165. The lowest BCUT2D eigenvalue weighted by atomic mass is 10.2. The Morgan fingerprint density at radius 2 is 2.16 bits per heavy atom. The summed E-state index contributed by atoms with van der Waals surface area (Å²) in [5, 5.41) is 4.65. The molecule has 0 saturated carbocycles. The van der Waals surface area contributed by atoms with Crippen LogP contribution in [0.4, 0.5) is 0 Å². The molecule has 106 valence electrons. The number of hydrogen-bond donors (Lipinski definition) is 1. The summed E-state index contributed by atoms with van der Waals surface area (Å²) in [6, 6.07) is 8.99. The third-order valence-electron chi connectivity index (χ3n) is 3.32. The molecule has 19 heavy (non-hydrogen) atoms. The zero-order valence-electron chi connectivity index (χ0n) is 10.8. The van der Waals surface area contributed by atoms with Gasteiger partial charge in [0.25, 0.3) is 0 Å². The third kappa shape index (κ3) is 3.80. The van der Waals surface area contributed by atoms with Crippen molar-refractivity contribution in [2.45, 2.75) is 19.5 Å². The van der Waals surface area contributed by atoms with Gasteiger partial charge in [-0.15, -0.1) is 36.2 Å². The number of thiazole rings is 1. The molecule has 2 aromatic rings. The van der Waals surface area contributed by atoms with Crippen molar-refractivity contribution < 1.29 is 0 Å². The first-order chi connectivity index (χ1) is 8.33. The van der Waals surface area contributed by atoms with E-state index in [1.807, 2.05) is 11.3 Å². The molecule has 1 N–H and O–H groups in total. The molecule has 1 aromatic heterocycles. The van der Waals surface area contributed by atoms with Crippen LogP contribution in [0.15, 0.2) is 24.3 Å². The Kier molecular flexibility index (Phi) is 6.50. The van der Waals surface area contributed by atoms with Crippen LogP contribution in [0.1, 0.15) is 11.9 Å². The standard InChI is InChI=1S/C13H17N3S.2ClH/c1-10-8-14-6-7-16(10)9-13-15-11-4-2-3-5-12(11)17-13;;/h2-5,10,14H,6-9H2,1H3;2*1H. The Bertz CT molecular complexity index is 484. The van der Waals surface area contributed by atoms with E-state index in [2.05, 4.69) is 41.4 Å². The summed E-state index contributed by atoms with van der Waals surface area (Å²) >= 11 is 1.82. The number of halogens is 2. The van der Waals surface area contributed by atoms with Crippen molar-refractivity contribution in [1.29, 1.82) is 0 Å². The summed E-state index contributed by atoms with van der Waals surface area (Å²) in [7, 11) is 0. The summed E-state index contributed by atoms with van der Waals surface area (Å²) in [6.45, 7) is 6.57. The highest BCUT2D eigenvalue weighted by atomic mass is 35.5. The molecule has 0 radical (unpaired) electrons. The molecule has 1 fully saturated rings. The molecular formula is C13H19Cl2N3S. The summed E-state index contributed by atoms with van der Waals surface area (Å²) in [5.74, 6) is 0. The summed E-state index contributed by atoms with van der Waals surface area (Å²) in [5.41, 5.74) is 1.13. The molecule has 3 rings (SSSR count). The lowest BCUT2D eigenvalue weighted by Crippen LogP contribution is -2.49. The summed E-state index contributed by atoms with van der Waals surface area (Å²) in [4.78, 5) is 7.21. The molecule has 2 heterocycles. The van der Waals surface area contributed by atoms with Crippen molar-refractivity contribution in [3.63, 3.8) is 0 Å². The van der Waals surface area contributed by atoms with Gasteiger partial charge >= 0.3 is 0 Å². The van der Waals surface area contributed by atoms with Crippen molar-refractivity contribution in [2.24, 2.45) is 0 Å². The van der Waals surface area contributed by atoms with Crippen LogP contribution in [0.2, 0.25) is 0 Å². The van der Waals surface area contributed by atoms with Crippen LogP contribution >= 0.6 is 36.2 Å². The Morgan fingerprint density at radius 1 is 1.37 bits per heavy atom. The van der Waals surface area contributed by atoms with Crippen LogP contribution in [-0.4, -0.2) is 35.6 Å². The number of rotatable bonds is 2. The Morgan fingerprint density at radius 3 is 2.89 bits per heavy atom. The zero-order valence-corrected chi connectivity index (χ0v) is 13.3. The highest BCUT2D eigenvalue weighted by molar-refractivity contribution is 7.18. The second-order valence-electron chi connectivity index (χ2n) is 4.60. The first-order valence-corrected chi connectivity index (χ1v) is 6.94. The van der Waals surface area contributed by atoms with Gasteiger partial charge in [0.1, 0.15) is 5.01 Å². The van der Waals surface area contributed by atoms with Crippen molar-refractivity contribution in [1.82, 2.24) is 15.2 Å². The van der Waals surface area contributed by atoms with E-state index in [9.17, 15) is 0 Å². The van der Waals surface area contributed by atoms with Gasteiger partial charge in [0.05, 0.1) is 16.8 Å². The van der Waals surface area contributed by atoms with Crippen molar-refractivity contribution in [3.05, 3.63) is 29.3 Å². The number of hydrogen-bond acceptors (Lipinski definition) is 4. The van der Waals surface area contributed by atoms with E-state index in [0.717, 1.165) is 31.7 Å². The van der Waals surface area contributed by atoms with E-state index in [4.69, 9.17) is 4.98 Å². The third-order valence-corrected chi connectivity index (χ3v) is 4.34. The van der Waals surface area contributed by atoms with Crippen molar-refractivity contribution in [3.8, 4) is 0 Å². The van der Waals surface area contributed by atoms with Gasteiger partial charge in [-0.2, -0.15) is 0 Å². The Hall–Kier alpha value is -0.390. The maximum absolute atomic E-state index is 4.70. The molecule has 0 spiro atoms. The van der Waals surface area contributed by atoms with E-state index >= 15 is 0 Å². The largest absolute Gasteiger partial charge is 0.314 e. The number of aromatic nitrogens is 1. The topological polar surface area (TPSA) is 28.2 Å². The second-order valence-corrected chi connectivity index (χ2v) is 5.71. The minimum absolute atomic E-state index is 0. The molecule has 1 atom stereocenters. The SMILES string of the molecule is CC1CNCCN1Cc1nc2ccccc2s1.Cl.Cl. The van der Waals surface area contributed by atoms with Gasteiger partial charge in [-0.3, -0.25) is 4.90 Å². The van der Waals surface area contributed by atoms with Crippen LogP contribution in [0.3, 0.4) is 0 Å². The predicted octanol–water partition coefficient (Wildman–Crippen LogP) is 2.93. The van der Waals surface area contributed by atoms with Gasteiger partial charge in [-0.1, -0.05) is 12.1 Å². The number of benzene rings is 1. The molecule has 1 saturated heterocycles. The molecule has 0 amide bonds. The van der Waals surface area contributed by atoms with Crippen molar-refractivity contribution >= 4 is 46.4 Å². The highest BCUT2D eigenvalue weighted by Gasteiger charge is 2.19. The monoisotopic (exact) mass is 319 g/mol. The first-order valence-electron chi connectivity index (χ1n) is 6.12. The van der Waals surface area contributed by atoms with Gasteiger partial charge in [-0.05, 0) is 19.1 Å². The average Bonchev–Trinajstić information content (AvgIpc) is 2.74. The summed E-state index contributed by atoms with van der Waals surface area (Å²) in [6.07, 6.45) is 0. The number of nitrogens with zero attached hydrogens (tertiary/aromatic N) is 2. The lowest BCUT2D eigenvalue weighted by Gasteiger charge is -2.33. The Labute approximate surface area is 130 Å². The van der Waals surface area contributed by atoms with Gasteiger partial charge in [-0.25, -0.2) is 4.98 Å². The fraction of sp³-hybridized carbons (Fsp3) is 0.462. The minimum atomic E-state index is 0. The average molecular weight is 320 g/mol. The molecule has 0 bridgehead atoms. The predicted molar refractivity (Wildman–Crippen MR) is 86.9 cm³/mol. The first kappa shape index (κ1) is 16.7. The van der Waals surface area contributed by atoms with Gasteiger partial charge < -0.3 is 5.32 Å². The maximum Gasteiger partial charge on any atom is 0.108 e. The number of piperazine rings is 1. The van der Waals surface area contributed by atoms with Crippen LogP contribution < -0.4 is 5.32 Å². The van der Waals surface area contributed by atoms with E-state index in [1.165, 1.54) is 9.71 Å². The maximum atomic E-state index is 4.70. The fourth-order valence-corrected chi connectivity index (χ4v) is 3.27. The van der Waals surface area contributed by atoms with E-state index < -0.39 is 0 Å². The number of para-hydroxylation sites is 1. The van der Waals surface area contributed by atoms with E-state index in [1.54, 1.807) is 0 Å². The summed E-state index contributed by atoms with van der Waals surface area (Å²) < 4.78 is 1.30. The molecule has 6 heteroatoms. The van der Waals surface area contributed by atoms with Gasteiger partial charge in [0, 0.05) is 25.7 Å². The molecular weight excluding hydrogens is 301 g/mol. The zero-order chi connectivity index (χ0) is 11.7. The van der Waals surface area contributed by atoms with E-state index in [0.29, 0.717) is 6.04 Å². The number of fused-ring (bicyclic) bond motifs is 1. The minimum Gasteiger partial charge on any atom is -0.314 e. The molecule has 1 aliphatic rings. The molecule has 1 unspecified atom stereocenters. The van der Waals surface area contributed by atoms with Gasteiger partial charge in [0.15, 0.2) is 0 Å². The number of nitrogens with one attached hydrogen (secondary N) is 1. The normalized spacial score (nSPS) is 19.7. The van der Waals surface area contributed by atoms with Crippen LogP contribution in [0.5, 0.6) is 0 Å². The van der Waals surface area contributed by atoms with Gasteiger partial charge in [0.2, 0.25) is 0 Å². The molecule has 1 aromatic carbocycles. The second kappa shape index (κ2) is 7.41. The molecule has 1 aliphatic heterocycles. The van der Waals surface area contributed by atoms with E-state index in [-0.39, 0.29) is 24.8 Å². The van der Waals surface area contributed by atoms with Crippen LogP contribution in [0.25, 0.3) is 10.2 Å². The van der Waals surface area contributed by atoms with Crippen molar-refractivity contribution in [2.75, 3.05) is 19.6 Å². The Balaban J connectivity index is 0.000000902. The molecule has 3 nitrogen and oxygen atoms in total. The smallest absolute Gasteiger partial charge is 0.108 e. The highest BCUT2D eigenvalue weighted by Crippen LogP contribution is 2.23. The fourth-order valence-electron chi connectivity index (χ4n) is 2.28. The molecule has 0 aliphatic carbocycles. The van der Waals surface area contributed by atoms with Crippen LogP contribution in [-0.2, 0) is 6.54 Å². The van der Waals surface area contributed by atoms with Crippen LogP contribution in [0, 0.1) is 0 Å². The quantitative estimate of drug-likeness (QED) is 0.922.